The van der Waals surface area contributed by atoms with Gasteiger partial charge in [-0.3, -0.25) is 9.59 Å². The third-order valence-corrected chi connectivity index (χ3v) is 5.34. The summed E-state index contributed by atoms with van der Waals surface area (Å²) in [6.07, 6.45) is 3.47. The van der Waals surface area contributed by atoms with E-state index in [1.54, 1.807) is 13.0 Å². The molecule has 0 saturated carbocycles. The number of hydrogen-bond donors (Lipinski definition) is 2. The number of furan rings is 1. The smallest absolute Gasteiger partial charge is 0.311 e. The maximum atomic E-state index is 12.6. The fourth-order valence-corrected chi connectivity index (χ4v) is 3.85. The van der Waals surface area contributed by atoms with Gasteiger partial charge in [-0.1, -0.05) is 24.3 Å². The molecule has 0 saturated heterocycles. The monoisotopic (exact) mass is 393 g/mol. The summed E-state index contributed by atoms with van der Waals surface area (Å²) in [5.41, 5.74) is 3.54. The van der Waals surface area contributed by atoms with Crippen molar-refractivity contribution in [3.05, 3.63) is 65.4 Å². The summed E-state index contributed by atoms with van der Waals surface area (Å²) in [7, 11) is 0. The van der Waals surface area contributed by atoms with Crippen LogP contribution >= 0.6 is 0 Å². The van der Waals surface area contributed by atoms with E-state index in [0.717, 1.165) is 30.2 Å². The molecule has 0 spiro atoms. The zero-order valence-corrected chi connectivity index (χ0v) is 16.2. The molecule has 1 aliphatic carbocycles. The van der Waals surface area contributed by atoms with Crippen molar-refractivity contribution in [2.45, 2.75) is 44.8 Å². The molecule has 3 aromatic rings. The number of aryl methyl sites for hydroxylation is 1. The Hall–Kier alpha value is -3.28. The number of benzene rings is 2. The van der Waals surface area contributed by atoms with Gasteiger partial charge in [0.15, 0.2) is 6.10 Å². The standard InChI is InChI=1S/C23H23NO5/c1-14(23(27)24-20-8-4-6-15-5-2-3-7-18(15)20)29-22(26)11-16-13-28-21-12-17(25)9-10-19(16)21/h2-3,5,7,9-10,12-14,20,25H,4,6,8,11H2,1H3,(H,24,27)/t14-,20-/m0/s1. The number of carbonyl (C=O) groups excluding carboxylic acids is 2. The molecule has 150 valence electrons. The maximum absolute atomic E-state index is 12.6. The first-order valence-electron chi connectivity index (χ1n) is 9.78. The van der Waals surface area contributed by atoms with E-state index in [-0.39, 0.29) is 24.1 Å². The number of fused-ring (bicyclic) bond motifs is 2. The summed E-state index contributed by atoms with van der Waals surface area (Å²) in [5.74, 6) is -0.718. The summed E-state index contributed by atoms with van der Waals surface area (Å²) in [4.78, 5) is 24.9. The fourth-order valence-electron chi connectivity index (χ4n) is 3.85. The Kier molecular flexibility index (Phi) is 5.25. The van der Waals surface area contributed by atoms with Crippen molar-refractivity contribution in [1.29, 1.82) is 0 Å². The van der Waals surface area contributed by atoms with Crippen LogP contribution in [-0.4, -0.2) is 23.1 Å². The van der Waals surface area contributed by atoms with E-state index in [1.807, 2.05) is 18.2 Å². The van der Waals surface area contributed by atoms with Crippen molar-refractivity contribution in [2.24, 2.45) is 0 Å². The van der Waals surface area contributed by atoms with Gasteiger partial charge in [0.1, 0.15) is 11.3 Å². The van der Waals surface area contributed by atoms with Gasteiger partial charge in [0.2, 0.25) is 0 Å². The van der Waals surface area contributed by atoms with Crippen molar-refractivity contribution in [3.8, 4) is 5.75 Å². The van der Waals surface area contributed by atoms with E-state index in [2.05, 4.69) is 11.4 Å². The number of hydrogen-bond acceptors (Lipinski definition) is 5. The number of aromatic hydroxyl groups is 1. The highest BCUT2D eigenvalue weighted by atomic mass is 16.5. The summed E-state index contributed by atoms with van der Waals surface area (Å²) >= 11 is 0. The van der Waals surface area contributed by atoms with Crippen molar-refractivity contribution in [3.63, 3.8) is 0 Å². The molecule has 4 rings (SSSR count). The zero-order valence-electron chi connectivity index (χ0n) is 16.2. The summed E-state index contributed by atoms with van der Waals surface area (Å²) in [5, 5.41) is 13.2. The number of amides is 1. The molecular formula is C23H23NO5. The number of rotatable bonds is 5. The number of phenols is 1. The van der Waals surface area contributed by atoms with Crippen LogP contribution in [0, 0.1) is 0 Å². The van der Waals surface area contributed by atoms with Gasteiger partial charge in [-0.05, 0) is 49.4 Å². The summed E-state index contributed by atoms with van der Waals surface area (Å²) in [6, 6.07) is 12.8. The van der Waals surface area contributed by atoms with Gasteiger partial charge in [-0.25, -0.2) is 0 Å². The lowest BCUT2D eigenvalue weighted by atomic mass is 9.87. The Labute approximate surface area is 168 Å². The van der Waals surface area contributed by atoms with Gasteiger partial charge in [-0.2, -0.15) is 0 Å². The molecule has 1 heterocycles. The van der Waals surface area contributed by atoms with Crippen LogP contribution in [0.3, 0.4) is 0 Å². The molecule has 2 N–H and O–H groups in total. The average molecular weight is 393 g/mol. The predicted octanol–water partition coefficient (Wildman–Crippen LogP) is 3.81. The molecule has 1 amide bonds. The first-order valence-corrected chi connectivity index (χ1v) is 9.78. The molecule has 6 heteroatoms. The van der Waals surface area contributed by atoms with E-state index in [0.29, 0.717) is 11.1 Å². The molecule has 29 heavy (non-hydrogen) atoms. The molecule has 1 aromatic heterocycles. The van der Waals surface area contributed by atoms with E-state index < -0.39 is 12.1 Å². The van der Waals surface area contributed by atoms with Crippen LogP contribution in [0.2, 0.25) is 0 Å². The number of carbonyl (C=O) groups is 2. The second-order valence-corrected chi connectivity index (χ2v) is 7.40. The van der Waals surface area contributed by atoms with Gasteiger partial charge in [0.25, 0.3) is 5.91 Å². The van der Waals surface area contributed by atoms with Gasteiger partial charge >= 0.3 is 5.97 Å². The molecule has 0 radical (unpaired) electrons. The highest BCUT2D eigenvalue weighted by molar-refractivity contribution is 5.88. The maximum Gasteiger partial charge on any atom is 0.311 e. The number of nitrogens with one attached hydrogen (secondary N) is 1. The van der Waals surface area contributed by atoms with Crippen molar-refractivity contribution < 1.29 is 23.8 Å². The molecule has 0 aliphatic heterocycles. The van der Waals surface area contributed by atoms with Crippen LogP contribution in [0.15, 0.2) is 53.1 Å². The van der Waals surface area contributed by atoms with Gasteiger partial charge in [0.05, 0.1) is 18.7 Å². The normalized spacial score (nSPS) is 16.8. The topological polar surface area (TPSA) is 88.8 Å². The molecule has 1 aliphatic rings. The Morgan fingerprint density at radius 1 is 1.28 bits per heavy atom. The quantitative estimate of drug-likeness (QED) is 0.644. The predicted molar refractivity (Wildman–Crippen MR) is 107 cm³/mol. The number of esters is 1. The van der Waals surface area contributed by atoms with E-state index in [9.17, 15) is 14.7 Å². The second-order valence-electron chi connectivity index (χ2n) is 7.40. The summed E-state index contributed by atoms with van der Waals surface area (Å²) < 4.78 is 10.7. The van der Waals surface area contributed by atoms with Crippen molar-refractivity contribution in [1.82, 2.24) is 5.32 Å². The Balaban J connectivity index is 1.37. The van der Waals surface area contributed by atoms with Crippen LogP contribution in [0.1, 0.15) is 42.5 Å². The third-order valence-electron chi connectivity index (χ3n) is 5.34. The fraction of sp³-hybridized carbons (Fsp3) is 0.304. The third kappa shape index (κ3) is 4.11. The minimum Gasteiger partial charge on any atom is -0.508 e. The molecule has 2 atom stereocenters. The number of ether oxygens (including phenoxy) is 1. The van der Waals surface area contributed by atoms with Crippen LogP contribution < -0.4 is 5.32 Å². The van der Waals surface area contributed by atoms with Crippen molar-refractivity contribution >= 4 is 22.8 Å². The van der Waals surface area contributed by atoms with Gasteiger partial charge < -0.3 is 19.6 Å². The van der Waals surface area contributed by atoms with Crippen LogP contribution in [0.5, 0.6) is 5.75 Å². The van der Waals surface area contributed by atoms with E-state index in [1.165, 1.54) is 24.0 Å². The minimum atomic E-state index is -0.890. The molecule has 0 bridgehead atoms. The Morgan fingerprint density at radius 2 is 2.10 bits per heavy atom. The van der Waals surface area contributed by atoms with Gasteiger partial charge in [0, 0.05) is 17.0 Å². The minimum absolute atomic E-state index is 0.0122. The second kappa shape index (κ2) is 7.99. The molecule has 6 nitrogen and oxygen atoms in total. The number of phenolic OH excluding ortho intramolecular Hbond substituents is 1. The first-order chi connectivity index (χ1) is 14.0. The molecular weight excluding hydrogens is 370 g/mol. The lowest BCUT2D eigenvalue weighted by Crippen LogP contribution is -2.39. The lowest BCUT2D eigenvalue weighted by Gasteiger charge is -2.27. The van der Waals surface area contributed by atoms with Crippen LogP contribution in [0.25, 0.3) is 11.0 Å². The molecule has 0 fully saturated rings. The Bertz CT molecular complexity index is 1050. The lowest BCUT2D eigenvalue weighted by molar-refractivity contribution is -0.154. The zero-order chi connectivity index (χ0) is 20.4. The highest BCUT2D eigenvalue weighted by Crippen LogP contribution is 2.29. The van der Waals surface area contributed by atoms with Gasteiger partial charge in [-0.15, -0.1) is 0 Å². The SMILES string of the molecule is C[C@H](OC(=O)Cc1coc2cc(O)ccc12)C(=O)N[C@H]1CCCc2ccccc21. The van der Waals surface area contributed by atoms with E-state index in [4.69, 9.17) is 9.15 Å². The molecule has 0 unspecified atom stereocenters. The largest absolute Gasteiger partial charge is 0.508 e. The summed E-state index contributed by atoms with van der Waals surface area (Å²) in [6.45, 7) is 1.58. The Morgan fingerprint density at radius 3 is 2.97 bits per heavy atom. The van der Waals surface area contributed by atoms with Crippen LogP contribution in [0.4, 0.5) is 0 Å². The van der Waals surface area contributed by atoms with Crippen LogP contribution in [-0.2, 0) is 27.2 Å². The van der Waals surface area contributed by atoms with E-state index >= 15 is 0 Å². The van der Waals surface area contributed by atoms with Crippen molar-refractivity contribution in [2.75, 3.05) is 0 Å². The first kappa shape index (κ1) is 19.1. The highest BCUT2D eigenvalue weighted by Gasteiger charge is 2.25. The molecule has 2 aromatic carbocycles. The average Bonchev–Trinajstić information content (AvgIpc) is 3.09.